The number of amides is 1. The summed E-state index contributed by atoms with van der Waals surface area (Å²) in [5.41, 5.74) is 6.63. The van der Waals surface area contributed by atoms with Gasteiger partial charge in [-0.05, 0) is 36.4 Å². The maximum atomic E-state index is 11.9. The number of hydrogen-bond donors (Lipinski definition) is 2. The van der Waals surface area contributed by atoms with Gasteiger partial charge in [0.25, 0.3) is 0 Å². The number of hydrogen-bond acceptors (Lipinski definition) is 3. The summed E-state index contributed by atoms with van der Waals surface area (Å²) in [6.45, 7) is 0. The summed E-state index contributed by atoms with van der Waals surface area (Å²) in [6, 6.07) is 10.1. The summed E-state index contributed by atoms with van der Waals surface area (Å²) in [6.07, 6.45) is 0. The van der Waals surface area contributed by atoms with Crippen LogP contribution < -0.4 is 11.1 Å². The molecule has 2 aromatic rings. The molecule has 7 heteroatoms. The van der Waals surface area contributed by atoms with E-state index in [9.17, 15) is 4.79 Å². The van der Waals surface area contributed by atoms with Gasteiger partial charge in [0.15, 0.2) is 0 Å². The number of rotatable bonds is 4. The molecule has 0 bridgehead atoms. The normalized spacial score (nSPS) is 10.4. The maximum absolute atomic E-state index is 11.9. The van der Waals surface area contributed by atoms with Gasteiger partial charge < -0.3 is 11.1 Å². The molecule has 3 nitrogen and oxygen atoms in total. The lowest BCUT2D eigenvalue weighted by atomic mass is 10.3. The standard InChI is InChI=1S/C14H11Cl3N2OS/c15-8-1-3-10(16)13(5-8)19-14(20)7-21-9-2-4-12(18)11(17)6-9/h1-6H,7,18H2,(H,19,20). The number of nitrogens with one attached hydrogen (secondary N) is 1. The van der Waals surface area contributed by atoms with Crippen molar-refractivity contribution in [1.29, 1.82) is 0 Å². The van der Waals surface area contributed by atoms with Crippen LogP contribution in [0.25, 0.3) is 0 Å². The molecule has 0 aliphatic rings. The first-order chi connectivity index (χ1) is 9.95. The second-order valence-electron chi connectivity index (χ2n) is 4.14. The van der Waals surface area contributed by atoms with Gasteiger partial charge in [-0.1, -0.05) is 34.8 Å². The van der Waals surface area contributed by atoms with Crippen LogP contribution in [0.15, 0.2) is 41.3 Å². The number of nitrogens with two attached hydrogens (primary N) is 1. The highest BCUT2D eigenvalue weighted by atomic mass is 35.5. The third-order valence-corrected chi connectivity index (χ3v) is 4.43. The summed E-state index contributed by atoms with van der Waals surface area (Å²) >= 11 is 19.1. The fourth-order valence-corrected chi connectivity index (χ4v) is 2.84. The number of anilines is 2. The Morgan fingerprint density at radius 1 is 1.10 bits per heavy atom. The van der Waals surface area contributed by atoms with Crippen LogP contribution >= 0.6 is 46.6 Å². The highest BCUT2D eigenvalue weighted by Crippen LogP contribution is 2.28. The lowest BCUT2D eigenvalue weighted by Crippen LogP contribution is -2.14. The molecule has 0 atom stereocenters. The van der Waals surface area contributed by atoms with Crippen LogP contribution in [-0.4, -0.2) is 11.7 Å². The van der Waals surface area contributed by atoms with Gasteiger partial charge in [-0.2, -0.15) is 0 Å². The van der Waals surface area contributed by atoms with Crippen molar-refractivity contribution in [1.82, 2.24) is 0 Å². The molecular weight excluding hydrogens is 351 g/mol. The zero-order chi connectivity index (χ0) is 15.4. The van der Waals surface area contributed by atoms with Crippen LogP contribution in [0.4, 0.5) is 11.4 Å². The molecule has 0 spiro atoms. The Labute approximate surface area is 141 Å². The van der Waals surface area contributed by atoms with Crippen molar-refractivity contribution in [2.24, 2.45) is 0 Å². The average molecular weight is 362 g/mol. The van der Waals surface area contributed by atoms with E-state index in [4.69, 9.17) is 40.5 Å². The molecule has 1 amide bonds. The molecule has 0 fully saturated rings. The van der Waals surface area contributed by atoms with E-state index in [1.807, 2.05) is 6.07 Å². The topological polar surface area (TPSA) is 55.1 Å². The lowest BCUT2D eigenvalue weighted by Gasteiger charge is -2.08. The Morgan fingerprint density at radius 2 is 1.86 bits per heavy atom. The molecule has 2 rings (SSSR count). The minimum atomic E-state index is -0.183. The van der Waals surface area contributed by atoms with Gasteiger partial charge in [0.1, 0.15) is 0 Å². The Balaban J connectivity index is 1.95. The molecule has 0 saturated heterocycles. The fraction of sp³-hybridized carbons (Fsp3) is 0.0714. The highest BCUT2D eigenvalue weighted by molar-refractivity contribution is 8.00. The summed E-state index contributed by atoms with van der Waals surface area (Å²) < 4.78 is 0. The van der Waals surface area contributed by atoms with Crippen molar-refractivity contribution in [3.63, 3.8) is 0 Å². The number of carbonyl (C=O) groups excluding carboxylic acids is 1. The molecule has 2 aromatic carbocycles. The second kappa shape index (κ2) is 7.27. The third-order valence-electron chi connectivity index (χ3n) is 2.54. The van der Waals surface area contributed by atoms with E-state index < -0.39 is 0 Å². The smallest absolute Gasteiger partial charge is 0.234 e. The van der Waals surface area contributed by atoms with Crippen molar-refractivity contribution < 1.29 is 4.79 Å². The summed E-state index contributed by atoms with van der Waals surface area (Å²) in [7, 11) is 0. The molecule has 0 aliphatic heterocycles. The van der Waals surface area contributed by atoms with E-state index in [0.717, 1.165) is 4.90 Å². The quantitative estimate of drug-likeness (QED) is 0.598. The predicted octanol–water partition coefficient (Wildman–Crippen LogP) is 4.96. The molecule has 0 aliphatic carbocycles. The molecule has 0 aromatic heterocycles. The van der Waals surface area contributed by atoms with Crippen molar-refractivity contribution >= 4 is 63.8 Å². The summed E-state index contributed by atoms with van der Waals surface area (Å²) in [5, 5.41) is 4.13. The highest BCUT2D eigenvalue weighted by Gasteiger charge is 2.08. The molecule has 3 N–H and O–H groups in total. The average Bonchev–Trinajstić information content (AvgIpc) is 2.44. The Bertz CT molecular complexity index is 679. The van der Waals surface area contributed by atoms with Crippen LogP contribution in [0.2, 0.25) is 15.1 Å². The van der Waals surface area contributed by atoms with Gasteiger partial charge in [0.2, 0.25) is 5.91 Å². The van der Waals surface area contributed by atoms with E-state index in [2.05, 4.69) is 5.32 Å². The van der Waals surface area contributed by atoms with E-state index in [0.29, 0.717) is 26.4 Å². The SMILES string of the molecule is Nc1ccc(SCC(=O)Nc2cc(Cl)ccc2Cl)cc1Cl. The zero-order valence-electron chi connectivity index (χ0n) is 10.7. The Kier molecular flexibility index (Phi) is 5.65. The van der Waals surface area contributed by atoms with Gasteiger partial charge in [-0.15, -0.1) is 11.8 Å². The fourth-order valence-electron chi connectivity index (χ4n) is 1.53. The second-order valence-corrected chi connectivity index (χ2v) is 6.44. The van der Waals surface area contributed by atoms with Crippen LogP contribution in [-0.2, 0) is 4.79 Å². The lowest BCUT2D eigenvalue weighted by molar-refractivity contribution is -0.113. The van der Waals surface area contributed by atoms with Crippen LogP contribution in [0.5, 0.6) is 0 Å². The first-order valence-electron chi connectivity index (χ1n) is 5.88. The number of nitrogen functional groups attached to an aromatic ring is 1. The molecule has 110 valence electrons. The van der Waals surface area contributed by atoms with Crippen LogP contribution in [0.1, 0.15) is 0 Å². The van der Waals surface area contributed by atoms with Gasteiger partial charge in [0, 0.05) is 9.92 Å². The molecule has 0 saturated carbocycles. The Hall–Kier alpha value is -1.07. The first kappa shape index (κ1) is 16.3. The number of thioether (sulfide) groups is 1. The van der Waals surface area contributed by atoms with Gasteiger partial charge in [-0.25, -0.2) is 0 Å². The molecule has 0 radical (unpaired) electrons. The van der Waals surface area contributed by atoms with Crippen LogP contribution in [0.3, 0.4) is 0 Å². The van der Waals surface area contributed by atoms with E-state index >= 15 is 0 Å². The molecule has 0 unspecified atom stereocenters. The number of benzene rings is 2. The maximum Gasteiger partial charge on any atom is 0.234 e. The van der Waals surface area contributed by atoms with Crippen molar-refractivity contribution in [2.45, 2.75) is 4.90 Å². The van der Waals surface area contributed by atoms with Gasteiger partial charge in [0.05, 0.1) is 27.2 Å². The minimum Gasteiger partial charge on any atom is -0.398 e. The molecule has 21 heavy (non-hydrogen) atoms. The first-order valence-corrected chi connectivity index (χ1v) is 8.00. The molecule has 0 heterocycles. The van der Waals surface area contributed by atoms with Crippen molar-refractivity contribution in [2.75, 3.05) is 16.8 Å². The number of carbonyl (C=O) groups is 1. The van der Waals surface area contributed by atoms with Gasteiger partial charge >= 0.3 is 0 Å². The van der Waals surface area contributed by atoms with E-state index in [1.165, 1.54) is 11.8 Å². The predicted molar refractivity (Wildman–Crippen MR) is 91.7 cm³/mol. The summed E-state index contributed by atoms with van der Waals surface area (Å²) in [4.78, 5) is 12.8. The van der Waals surface area contributed by atoms with Crippen molar-refractivity contribution in [3.05, 3.63) is 51.5 Å². The van der Waals surface area contributed by atoms with E-state index in [-0.39, 0.29) is 11.7 Å². The summed E-state index contributed by atoms with van der Waals surface area (Å²) in [5.74, 6) is 0.0421. The zero-order valence-corrected chi connectivity index (χ0v) is 13.8. The van der Waals surface area contributed by atoms with Crippen LogP contribution in [0, 0.1) is 0 Å². The van der Waals surface area contributed by atoms with Gasteiger partial charge in [-0.3, -0.25) is 4.79 Å². The van der Waals surface area contributed by atoms with E-state index in [1.54, 1.807) is 30.3 Å². The third kappa shape index (κ3) is 4.71. The minimum absolute atomic E-state index is 0.183. The monoisotopic (exact) mass is 360 g/mol. The Morgan fingerprint density at radius 3 is 2.57 bits per heavy atom. The largest absolute Gasteiger partial charge is 0.398 e. The molecular formula is C14H11Cl3N2OS. The van der Waals surface area contributed by atoms with Crippen molar-refractivity contribution in [3.8, 4) is 0 Å². The number of halogens is 3.